The van der Waals surface area contributed by atoms with E-state index in [-0.39, 0.29) is 5.41 Å². The lowest BCUT2D eigenvalue weighted by Gasteiger charge is -2.26. The first-order valence-electron chi connectivity index (χ1n) is 8.45. The maximum atomic E-state index is 6.01. The van der Waals surface area contributed by atoms with Crippen molar-refractivity contribution in [3.05, 3.63) is 0 Å². The highest BCUT2D eigenvalue weighted by Crippen LogP contribution is 2.44. The van der Waals surface area contributed by atoms with E-state index in [2.05, 4.69) is 27.7 Å². The molecule has 0 saturated heterocycles. The fourth-order valence-electron chi connectivity index (χ4n) is 3.48. The van der Waals surface area contributed by atoms with E-state index in [1.165, 1.54) is 12.8 Å². The molecule has 2 atom stereocenters. The number of rotatable bonds is 4. The Morgan fingerprint density at radius 3 is 1.62 bits per heavy atom. The summed E-state index contributed by atoms with van der Waals surface area (Å²) < 4.78 is 12.0. The van der Waals surface area contributed by atoms with E-state index in [4.69, 9.17) is 19.5 Å². The predicted octanol–water partition coefficient (Wildman–Crippen LogP) is 3.45. The fraction of sp³-hybridized carbons (Fsp3) is 0.882. The molecule has 21 heavy (non-hydrogen) atoms. The Labute approximate surface area is 128 Å². The number of hydrogen-bond donors (Lipinski definition) is 0. The molecule has 2 aliphatic heterocycles. The van der Waals surface area contributed by atoms with Crippen LogP contribution >= 0.6 is 0 Å². The SMILES string of the molecule is CC(C)[C@@H]1COC(C2(C3=N[C@H](C(C)C)CO3)CCCC2)=N1. The van der Waals surface area contributed by atoms with E-state index in [0.29, 0.717) is 23.9 Å². The van der Waals surface area contributed by atoms with Crippen LogP contribution in [-0.2, 0) is 9.47 Å². The summed E-state index contributed by atoms with van der Waals surface area (Å²) in [6, 6.07) is 0.584. The van der Waals surface area contributed by atoms with Gasteiger partial charge in [0.15, 0.2) is 11.8 Å². The molecule has 0 unspecified atom stereocenters. The minimum Gasteiger partial charge on any atom is -0.478 e. The summed E-state index contributed by atoms with van der Waals surface area (Å²) >= 11 is 0. The molecule has 0 spiro atoms. The van der Waals surface area contributed by atoms with Crippen molar-refractivity contribution in [2.75, 3.05) is 13.2 Å². The first-order valence-corrected chi connectivity index (χ1v) is 8.45. The molecule has 0 N–H and O–H groups in total. The number of hydrogen-bond acceptors (Lipinski definition) is 4. The third-order valence-corrected chi connectivity index (χ3v) is 5.16. The van der Waals surface area contributed by atoms with Gasteiger partial charge in [-0.15, -0.1) is 0 Å². The van der Waals surface area contributed by atoms with Crippen molar-refractivity contribution in [3.63, 3.8) is 0 Å². The average molecular weight is 292 g/mol. The van der Waals surface area contributed by atoms with Crippen molar-refractivity contribution in [3.8, 4) is 0 Å². The molecule has 3 aliphatic rings. The van der Waals surface area contributed by atoms with Crippen LogP contribution in [0.15, 0.2) is 9.98 Å². The summed E-state index contributed by atoms with van der Waals surface area (Å²) in [5.74, 6) is 2.86. The molecule has 1 aliphatic carbocycles. The van der Waals surface area contributed by atoms with Crippen molar-refractivity contribution in [2.24, 2.45) is 27.2 Å². The Morgan fingerprint density at radius 2 is 1.29 bits per heavy atom. The molecule has 1 saturated carbocycles. The van der Waals surface area contributed by atoms with E-state index in [1.54, 1.807) is 0 Å². The molecule has 4 nitrogen and oxygen atoms in total. The van der Waals surface area contributed by atoms with Gasteiger partial charge < -0.3 is 9.47 Å². The molecule has 0 aromatic carbocycles. The van der Waals surface area contributed by atoms with Gasteiger partial charge in [-0.25, -0.2) is 9.98 Å². The molecule has 2 heterocycles. The number of nitrogens with zero attached hydrogens (tertiary/aromatic N) is 2. The van der Waals surface area contributed by atoms with E-state index in [1.807, 2.05) is 0 Å². The second-order valence-electron chi connectivity index (χ2n) is 7.40. The lowest BCUT2D eigenvalue weighted by Crippen LogP contribution is -2.37. The maximum absolute atomic E-state index is 6.01. The monoisotopic (exact) mass is 292 g/mol. The summed E-state index contributed by atoms with van der Waals surface area (Å²) in [7, 11) is 0. The zero-order valence-corrected chi connectivity index (χ0v) is 13.8. The van der Waals surface area contributed by atoms with Crippen LogP contribution in [0.4, 0.5) is 0 Å². The smallest absolute Gasteiger partial charge is 0.199 e. The summed E-state index contributed by atoms with van der Waals surface area (Å²) in [6.07, 6.45) is 4.56. The zero-order valence-electron chi connectivity index (χ0n) is 13.8. The van der Waals surface area contributed by atoms with Crippen LogP contribution in [-0.4, -0.2) is 37.1 Å². The lowest BCUT2D eigenvalue weighted by molar-refractivity contribution is 0.239. The Hall–Kier alpha value is -1.06. The van der Waals surface area contributed by atoms with Crippen molar-refractivity contribution < 1.29 is 9.47 Å². The molecular formula is C17H28N2O2. The quantitative estimate of drug-likeness (QED) is 0.796. The molecule has 0 aromatic heterocycles. The molecular weight excluding hydrogens is 264 g/mol. The standard InChI is InChI=1S/C17H28N2O2/c1-11(2)13-9-20-15(18-13)17(7-5-6-8-17)16-19-14(10-21-16)12(3)4/h11-14H,5-10H2,1-4H3/t13-,14-/m0/s1. The van der Waals surface area contributed by atoms with Crippen molar-refractivity contribution >= 4 is 11.8 Å². The van der Waals surface area contributed by atoms with Crippen LogP contribution in [0, 0.1) is 17.3 Å². The second-order valence-corrected chi connectivity index (χ2v) is 7.40. The van der Waals surface area contributed by atoms with Crippen LogP contribution in [0.5, 0.6) is 0 Å². The fourth-order valence-corrected chi connectivity index (χ4v) is 3.48. The van der Waals surface area contributed by atoms with Crippen LogP contribution < -0.4 is 0 Å². The van der Waals surface area contributed by atoms with Crippen LogP contribution in [0.3, 0.4) is 0 Å². The van der Waals surface area contributed by atoms with Gasteiger partial charge in [0.05, 0.1) is 12.1 Å². The predicted molar refractivity (Wildman–Crippen MR) is 84.9 cm³/mol. The largest absolute Gasteiger partial charge is 0.478 e. The van der Waals surface area contributed by atoms with Gasteiger partial charge in [0.2, 0.25) is 0 Å². The Balaban J connectivity index is 1.88. The summed E-state index contributed by atoms with van der Waals surface area (Å²) in [6.45, 7) is 10.3. The molecule has 0 radical (unpaired) electrons. The molecule has 0 aromatic rings. The highest BCUT2D eigenvalue weighted by Gasteiger charge is 2.50. The summed E-state index contributed by atoms with van der Waals surface area (Å²) in [4.78, 5) is 9.78. The minimum atomic E-state index is -0.159. The first-order chi connectivity index (χ1) is 10.0. The maximum Gasteiger partial charge on any atom is 0.199 e. The van der Waals surface area contributed by atoms with E-state index >= 15 is 0 Å². The first kappa shape index (κ1) is 14.9. The van der Waals surface area contributed by atoms with E-state index in [0.717, 1.165) is 37.9 Å². The Morgan fingerprint density at radius 1 is 0.857 bits per heavy atom. The van der Waals surface area contributed by atoms with Gasteiger partial charge in [-0.3, -0.25) is 0 Å². The summed E-state index contributed by atoms with van der Waals surface area (Å²) in [5.41, 5.74) is -0.159. The average Bonchev–Trinajstić information content (AvgIpc) is 3.18. The van der Waals surface area contributed by atoms with Gasteiger partial charge in [0, 0.05) is 0 Å². The normalized spacial score (nSPS) is 31.3. The van der Waals surface area contributed by atoms with Gasteiger partial charge in [-0.1, -0.05) is 40.5 Å². The lowest BCUT2D eigenvalue weighted by atomic mass is 9.85. The van der Waals surface area contributed by atoms with Crippen LogP contribution in [0.25, 0.3) is 0 Å². The Bertz CT molecular complexity index is 412. The van der Waals surface area contributed by atoms with E-state index in [9.17, 15) is 0 Å². The molecule has 118 valence electrons. The second kappa shape index (κ2) is 5.62. The van der Waals surface area contributed by atoms with Crippen LogP contribution in [0.1, 0.15) is 53.4 Å². The highest BCUT2D eigenvalue weighted by molar-refractivity contribution is 6.06. The molecule has 3 rings (SSSR count). The number of aliphatic imine (C=N–C) groups is 2. The third kappa shape index (κ3) is 2.58. The van der Waals surface area contributed by atoms with E-state index < -0.39 is 0 Å². The van der Waals surface area contributed by atoms with Gasteiger partial charge in [0.25, 0.3) is 0 Å². The van der Waals surface area contributed by atoms with Crippen LogP contribution in [0.2, 0.25) is 0 Å². The van der Waals surface area contributed by atoms with Crippen molar-refractivity contribution in [1.29, 1.82) is 0 Å². The molecule has 1 fully saturated rings. The van der Waals surface area contributed by atoms with Gasteiger partial charge in [-0.2, -0.15) is 0 Å². The Kier molecular flexibility index (Phi) is 3.98. The summed E-state index contributed by atoms with van der Waals surface area (Å²) in [5, 5.41) is 0. The third-order valence-electron chi connectivity index (χ3n) is 5.16. The number of ether oxygens (including phenoxy) is 2. The topological polar surface area (TPSA) is 43.2 Å². The molecule has 0 amide bonds. The minimum absolute atomic E-state index is 0.159. The van der Waals surface area contributed by atoms with Gasteiger partial charge >= 0.3 is 0 Å². The highest BCUT2D eigenvalue weighted by atomic mass is 16.5. The van der Waals surface area contributed by atoms with Crippen molar-refractivity contribution in [2.45, 2.75) is 65.5 Å². The molecule has 4 heteroatoms. The molecule has 0 bridgehead atoms. The van der Waals surface area contributed by atoms with Gasteiger partial charge in [0.1, 0.15) is 18.6 Å². The zero-order chi connectivity index (χ0) is 15.0. The van der Waals surface area contributed by atoms with Crippen molar-refractivity contribution in [1.82, 2.24) is 0 Å². The van der Waals surface area contributed by atoms with Gasteiger partial charge in [-0.05, 0) is 24.7 Å².